The third kappa shape index (κ3) is 6.96. The Hall–Kier alpha value is -4.58. The first-order valence-corrected chi connectivity index (χ1v) is 17.1. The number of sulfone groups is 1. The first-order valence-electron chi connectivity index (χ1n) is 15.0. The van der Waals surface area contributed by atoms with Crippen LogP contribution in [-0.2, 0) is 20.3 Å². The highest BCUT2D eigenvalue weighted by Crippen LogP contribution is 2.34. The molecule has 6 rings (SSSR count). The lowest BCUT2D eigenvalue weighted by Gasteiger charge is -2.33. The van der Waals surface area contributed by atoms with Crippen molar-refractivity contribution in [1.82, 2.24) is 24.3 Å². The van der Waals surface area contributed by atoms with E-state index in [1.807, 2.05) is 56.2 Å². The quantitative estimate of drug-likeness (QED) is 0.198. The lowest BCUT2D eigenvalue weighted by atomic mass is 9.96. The van der Waals surface area contributed by atoms with Crippen LogP contribution in [0.25, 0.3) is 38.9 Å². The van der Waals surface area contributed by atoms with Crippen molar-refractivity contribution in [2.75, 3.05) is 19.3 Å². The molecule has 1 aliphatic heterocycles. The highest BCUT2D eigenvalue weighted by molar-refractivity contribution is 7.89. The number of halogens is 2. The number of carbonyl (C=O) groups excluding carboxylic acids is 1. The molecule has 3 aromatic heterocycles. The number of pyridine rings is 1. The summed E-state index contributed by atoms with van der Waals surface area (Å²) in [5, 5.41) is 9.18. The number of ether oxygens (including phenoxy) is 1. The summed E-state index contributed by atoms with van der Waals surface area (Å²) in [6, 6.07) is 12.5. The number of rotatable bonds is 6. The molecule has 46 heavy (non-hydrogen) atoms. The van der Waals surface area contributed by atoms with Crippen molar-refractivity contribution >= 4 is 21.4 Å². The van der Waals surface area contributed by atoms with Crippen LogP contribution in [0.4, 0.5) is 13.6 Å². The van der Waals surface area contributed by atoms with Crippen LogP contribution in [0.2, 0.25) is 0 Å². The van der Waals surface area contributed by atoms with Crippen molar-refractivity contribution in [1.29, 1.82) is 0 Å². The van der Waals surface area contributed by atoms with Crippen LogP contribution >= 0.6 is 0 Å². The molecule has 240 valence electrons. The average Bonchev–Trinajstić information content (AvgIpc) is 3.63. The predicted molar refractivity (Wildman–Crippen MR) is 172 cm³/mol. The number of carbonyl (C=O) groups is 1. The van der Waals surface area contributed by atoms with Crippen LogP contribution in [0.1, 0.15) is 45.2 Å². The summed E-state index contributed by atoms with van der Waals surface area (Å²) in [7, 11) is -3.38. The lowest BCUT2D eigenvalue weighted by molar-refractivity contribution is 0.0184. The Bertz CT molecular complexity index is 2040. The number of aromatic nitrogens is 4. The summed E-state index contributed by atoms with van der Waals surface area (Å²) in [4.78, 5) is 14.2. The van der Waals surface area contributed by atoms with Crippen LogP contribution in [0.5, 0.6) is 0 Å². The predicted octanol–water partition coefficient (Wildman–Crippen LogP) is 6.93. The second-order valence-electron chi connectivity index (χ2n) is 12.8. The maximum Gasteiger partial charge on any atom is 0.410 e. The van der Waals surface area contributed by atoms with Gasteiger partial charge >= 0.3 is 6.09 Å². The number of hydrogen-bond donors (Lipinski definition) is 0. The van der Waals surface area contributed by atoms with E-state index in [9.17, 15) is 22.0 Å². The van der Waals surface area contributed by atoms with Crippen LogP contribution < -0.4 is 0 Å². The Kier molecular flexibility index (Phi) is 8.18. The minimum absolute atomic E-state index is 0.159. The van der Waals surface area contributed by atoms with Crippen molar-refractivity contribution in [3.05, 3.63) is 90.5 Å². The van der Waals surface area contributed by atoms with Gasteiger partial charge in [0, 0.05) is 60.1 Å². The minimum Gasteiger partial charge on any atom is -0.444 e. The molecule has 4 heterocycles. The molecular formula is C34H35F2N5O4S. The molecule has 1 amide bonds. The third-order valence-corrected chi connectivity index (χ3v) is 8.77. The van der Waals surface area contributed by atoms with Gasteiger partial charge in [-0.15, -0.1) is 0 Å². The van der Waals surface area contributed by atoms with Crippen molar-refractivity contribution in [3.63, 3.8) is 0 Å². The van der Waals surface area contributed by atoms with E-state index in [0.717, 1.165) is 47.4 Å². The first-order chi connectivity index (χ1) is 21.7. The van der Waals surface area contributed by atoms with Crippen molar-refractivity contribution in [2.45, 2.75) is 51.0 Å². The maximum atomic E-state index is 14.8. The Morgan fingerprint density at radius 1 is 0.891 bits per heavy atom. The van der Waals surface area contributed by atoms with E-state index in [1.54, 1.807) is 33.8 Å². The van der Waals surface area contributed by atoms with Gasteiger partial charge in [0.2, 0.25) is 0 Å². The second kappa shape index (κ2) is 12.0. The highest BCUT2D eigenvalue weighted by Gasteiger charge is 2.28. The number of amides is 1. The summed E-state index contributed by atoms with van der Waals surface area (Å²) in [6.07, 6.45) is 9.77. The van der Waals surface area contributed by atoms with Gasteiger partial charge in [0.1, 0.15) is 17.2 Å². The van der Waals surface area contributed by atoms with Gasteiger partial charge in [0.05, 0.1) is 29.7 Å². The summed E-state index contributed by atoms with van der Waals surface area (Å²) in [6.45, 7) is 6.77. The Morgan fingerprint density at radius 3 is 2.28 bits per heavy atom. The number of benzene rings is 2. The molecule has 0 bridgehead atoms. The van der Waals surface area contributed by atoms with Gasteiger partial charge in [-0.05, 0) is 86.7 Å². The van der Waals surface area contributed by atoms with Gasteiger partial charge in [0.25, 0.3) is 0 Å². The van der Waals surface area contributed by atoms with Gasteiger partial charge in [-0.3, -0.25) is 4.68 Å². The van der Waals surface area contributed by atoms with Crippen molar-refractivity contribution in [2.24, 2.45) is 0 Å². The number of nitrogens with zero attached hydrogens (tertiary/aromatic N) is 5. The summed E-state index contributed by atoms with van der Waals surface area (Å²) < 4.78 is 61.9. The Morgan fingerprint density at radius 2 is 1.61 bits per heavy atom. The average molecular weight is 648 g/mol. The highest BCUT2D eigenvalue weighted by atomic mass is 32.2. The fraction of sp³-hybridized carbons (Fsp3) is 0.324. The molecule has 0 atom stereocenters. The Labute approximate surface area is 266 Å². The first kappa shape index (κ1) is 31.4. The molecule has 1 fully saturated rings. The molecular weight excluding hydrogens is 612 g/mol. The zero-order valence-corrected chi connectivity index (χ0v) is 26.9. The Balaban J connectivity index is 1.25. The number of fused-ring (bicyclic) bond motifs is 1. The van der Waals surface area contributed by atoms with E-state index in [1.165, 1.54) is 12.1 Å². The molecule has 1 saturated heterocycles. The fourth-order valence-electron chi connectivity index (χ4n) is 5.82. The smallest absolute Gasteiger partial charge is 0.410 e. The van der Waals surface area contributed by atoms with Gasteiger partial charge in [0.15, 0.2) is 9.84 Å². The minimum atomic E-state index is -3.38. The lowest BCUT2D eigenvalue weighted by Crippen LogP contribution is -2.42. The van der Waals surface area contributed by atoms with E-state index in [-0.39, 0.29) is 23.5 Å². The summed E-state index contributed by atoms with van der Waals surface area (Å²) in [5.41, 5.74) is 4.55. The van der Waals surface area contributed by atoms with Gasteiger partial charge < -0.3 is 9.64 Å². The number of hydrogen-bond acceptors (Lipinski definition) is 6. The molecule has 5 aromatic rings. The number of likely N-dealkylation sites (tertiary alicyclic amines) is 1. The molecule has 9 nitrogen and oxygen atoms in total. The monoisotopic (exact) mass is 647 g/mol. The standard InChI is InChI=1S/C34H35F2N5O4S/c1-34(2,3)45-33(42)39-11-9-28(10-12-39)40-20-26(17-37-40)23-5-8-32-30(18-38-41(32)19-23)25-14-22(21-46(4,43)44)13-24(15-25)29-7-6-27(35)16-31(29)36/h5-8,13-20,28H,9-12,21H2,1-4H3. The molecule has 0 saturated carbocycles. The van der Waals surface area contributed by atoms with Crippen molar-refractivity contribution < 1.29 is 26.7 Å². The van der Waals surface area contributed by atoms with Crippen LogP contribution in [0.15, 0.2) is 73.3 Å². The molecule has 0 aliphatic carbocycles. The van der Waals surface area contributed by atoms with E-state index in [4.69, 9.17) is 4.74 Å². The van der Waals surface area contributed by atoms with Crippen molar-refractivity contribution in [3.8, 4) is 33.4 Å². The fourth-order valence-corrected chi connectivity index (χ4v) is 6.59. The zero-order chi connectivity index (χ0) is 32.8. The van der Waals surface area contributed by atoms with Gasteiger partial charge in [-0.2, -0.15) is 10.2 Å². The molecule has 0 spiro atoms. The largest absolute Gasteiger partial charge is 0.444 e. The van der Waals surface area contributed by atoms with E-state index >= 15 is 0 Å². The van der Waals surface area contributed by atoms with E-state index < -0.39 is 27.1 Å². The summed E-state index contributed by atoms with van der Waals surface area (Å²) >= 11 is 0. The molecule has 0 unspecified atom stereocenters. The SMILES string of the molecule is CC(C)(C)OC(=O)N1CCC(n2cc(-c3ccc4c(-c5cc(CS(C)(=O)=O)cc(-c6ccc(F)cc6F)c5)cnn4c3)cn2)CC1. The summed E-state index contributed by atoms with van der Waals surface area (Å²) in [5.74, 6) is -1.66. The molecule has 12 heteroatoms. The van der Waals surface area contributed by atoms with Crippen LogP contribution in [-0.4, -0.2) is 63.8 Å². The zero-order valence-electron chi connectivity index (χ0n) is 26.1. The number of piperidine rings is 1. The van der Waals surface area contributed by atoms with Crippen LogP contribution in [0.3, 0.4) is 0 Å². The third-order valence-electron chi connectivity index (χ3n) is 7.92. The molecule has 0 N–H and O–H groups in total. The second-order valence-corrected chi connectivity index (χ2v) is 15.0. The molecule has 0 radical (unpaired) electrons. The maximum absolute atomic E-state index is 14.8. The normalized spacial score (nSPS) is 14.6. The van der Waals surface area contributed by atoms with Gasteiger partial charge in [-0.1, -0.05) is 6.07 Å². The van der Waals surface area contributed by atoms with Crippen LogP contribution in [0, 0.1) is 11.6 Å². The van der Waals surface area contributed by atoms with E-state index in [0.29, 0.717) is 29.8 Å². The topological polar surface area (TPSA) is 98.8 Å². The van der Waals surface area contributed by atoms with Gasteiger partial charge in [-0.25, -0.2) is 26.5 Å². The molecule has 2 aromatic carbocycles. The molecule has 1 aliphatic rings. The van der Waals surface area contributed by atoms with E-state index in [2.05, 4.69) is 10.2 Å².